The molecule has 0 saturated carbocycles. The molecule has 0 fully saturated rings. The largest absolute Gasteiger partial charge is 0.274 e. The molecule has 1 aliphatic rings. The molecular weight excluding hydrogens is 310 g/mol. The molecule has 122 valence electrons. The van der Waals surface area contributed by atoms with Crippen LogP contribution < -0.4 is 0 Å². The van der Waals surface area contributed by atoms with Crippen LogP contribution in [-0.2, 0) is 6.42 Å². The topological polar surface area (TPSA) is 37.4 Å². The fraction of sp³-hybridized carbons (Fsp3) is 0.0909. The standard InChI is InChI=1S/C22H17NO2/c1-2-15-9-11-16(12-10-15)13-14-23-21(24)18-7-3-5-17-6-4-8-19(20(17)18)22(23)25/h2-12H,1,13-14H2. The van der Waals surface area contributed by atoms with E-state index in [2.05, 4.69) is 6.58 Å². The molecule has 1 aliphatic heterocycles. The molecule has 3 aromatic rings. The maximum absolute atomic E-state index is 12.8. The molecule has 0 bridgehead atoms. The third kappa shape index (κ3) is 2.54. The van der Waals surface area contributed by atoms with Gasteiger partial charge in [0.25, 0.3) is 11.8 Å². The second kappa shape index (κ2) is 6.02. The Labute approximate surface area is 146 Å². The molecule has 0 unspecified atom stereocenters. The molecule has 4 rings (SSSR count). The van der Waals surface area contributed by atoms with Crippen LogP contribution in [0.4, 0.5) is 0 Å². The zero-order valence-corrected chi connectivity index (χ0v) is 13.7. The van der Waals surface area contributed by atoms with E-state index in [9.17, 15) is 9.59 Å². The van der Waals surface area contributed by atoms with Crippen molar-refractivity contribution in [3.8, 4) is 0 Å². The number of imide groups is 1. The lowest BCUT2D eigenvalue weighted by molar-refractivity contribution is 0.0612. The van der Waals surface area contributed by atoms with E-state index in [1.165, 1.54) is 4.90 Å². The van der Waals surface area contributed by atoms with Gasteiger partial charge in [0.05, 0.1) is 0 Å². The maximum Gasteiger partial charge on any atom is 0.261 e. The van der Waals surface area contributed by atoms with Gasteiger partial charge in [0, 0.05) is 23.1 Å². The molecule has 0 radical (unpaired) electrons. The summed E-state index contributed by atoms with van der Waals surface area (Å²) in [6.07, 6.45) is 2.42. The molecular formula is C22H17NO2. The van der Waals surface area contributed by atoms with Gasteiger partial charge in [0.2, 0.25) is 0 Å². The zero-order chi connectivity index (χ0) is 17.4. The molecule has 0 aliphatic carbocycles. The lowest BCUT2D eigenvalue weighted by Gasteiger charge is -2.27. The van der Waals surface area contributed by atoms with Gasteiger partial charge in [-0.05, 0) is 35.1 Å². The minimum atomic E-state index is -0.211. The van der Waals surface area contributed by atoms with E-state index in [-0.39, 0.29) is 11.8 Å². The van der Waals surface area contributed by atoms with Gasteiger partial charge in [-0.25, -0.2) is 0 Å². The monoisotopic (exact) mass is 327 g/mol. The van der Waals surface area contributed by atoms with Crippen molar-refractivity contribution in [2.45, 2.75) is 6.42 Å². The summed E-state index contributed by atoms with van der Waals surface area (Å²) in [6.45, 7) is 4.11. The van der Waals surface area contributed by atoms with Crippen LogP contribution in [0.5, 0.6) is 0 Å². The van der Waals surface area contributed by atoms with E-state index in [0.717, 1.165) is 21.9 Å². The maximum atomic E-state index is 12.8. The summed E-state index contributed by atoms with van der Waals surface area (Å²) < 4.78 is 0. The average molecular weight is 327 g/mol. The van der Waals surface area contributed by atoms with Gasteiger partial charge in [0.15, 0.2) is 0 Å². The number of hydrogen-bond donors (Lipinski definition) is 0. The Morgan fingerprint density at radius 1 is 0.840 bits per heavy atom. The van der Waals surface area contributed by atoms with Crippen molar-refractivity contribution in [2.75, 3.05) is 6.54 Å². The minimum Gasteiger partial charge on any atom is -0.274 e. The van der Waals surface area contributed by atoms with E-state index < -0.39 is 0 Å². The van der Waals surface area contributed by atoms with Gasteiger partial charge in [-0.1, -0.05) is 61.2 Å². The van der Waals surface area contributed by atoms with Crippen molar-refractivity contribution in [1.29, 1.82) is 0 Å². The van der Waals surface area contributed by atoms with Gasteiger partial charge in [0.1, 0.15) is 0 Å². The van der Waals surface area contributed by atoms with Crippen molar-refractivity contribution in [3.63, 3.8) is 0 Å². The molecule has 0 aromatic heterocycles. The van der Waals surface area contributed by atoms with Gasteiger partial charge in [-0.3, -0.25) is 14.5 Å². The quantitative estimate of drug-likeness (QED) is 0.669. The first-order valence-corrected chi connectivity index (χ1v) is 8.28. The Balaban J connectivity index is 1.64. The summed E-state index contributed by atoms with van der Waals surface area (Å²) in [5, 5.41) is 1.70. The SMILES string of the molecule is C=Cc1ccc(CCN2C(=O)c3cccc4cccc(c34)C2=O)cc1. The summed E-state index contributed by atoms with van der Waals surface area (Å²) in [4.78, 5) is 27.0. The van der Waals surface area contributed by atoms with E-state index >= 15 is 0 Å². The van der Waals surface area contributed by atoms with Gasteiger partial charge in [-0.15, -0.1) is 0 Å². The van der Waals surface area contributed by atoms with Gasteiger partial charge >= 0.3 is 0 Å². The van der Waals surface area contributed by atoms with Crippen molar-refractivity contribution in [3.05, 3.63) is 89.5 Å². The van der Waals surface area contributed by atoms with Crippen LogP contribution in [0.3, 0.4) is 0 Å². The second-order valence-corrected chi connectivity index (χ2v) is 6.17. The number of hydrogen-bond acceptors (Lipinski definition) is 2. The number of benzene rings is 3. The van der Waals surface area contributed by atoms with Crippen molar-refractivity contribution < 1.29 is 9.59 Å². The second-order valence-electron chi connectivity index (χ2n) is 6.17. The fourth-order valence-electron chi connectivity index (χ4n) is 3.34. The molecule has 0 atom stereocenters. The highest BCUT2D eigenvalue weighted by atomic mass is 16.2. The Bertz CT molecular complexity index is 951. The molecule has 0 saturated heterocycles. The summed E-state index contributed by atoms with van der Waals surface area (Å²) in [6, 6.07) is 19.2. The van der Waals surface area contributed by atoms with Gasteiger partial charge in [-0.2, -0.15) is 0 Å². The summed E-state index contributed by atoms with van der Waals surface area (Å²) >= 11 is 0. The number of carbonyl (C=O) groups is 2. The molecule has 0 spiro atoms. The number of nitrogens with zero attached hydrogens (tertiary/aromatic N) is 1. The van der Waals surface area contributed by atoms with Crippen LogP contribution in [0.25, 0.3) is 16.8 Å². The van der Waals surface area contributed by atoms with Crippen LogP contribution in [-0.4, -0.2) is 23.3 Å². The normalized spacial score (nSPS) is 13.4. The highest BCUT2D eigenvalue weighted by Gasteiger charge is 2.32. The molecule has 3 heteroatoms. The van der Waals surface area contributed by atoms with Crippen molar-refractivity contribution in [1.82, 2.24) is 4.90 Å². The summed E-state index contributed by atoms with van der Waals surface area (Å²) in [5.41, 5.74) is 3.35. The molecule has 25 heavy (non-hydrogen) atoms. The Morgan fingerprint density at radius 3 is 2.00 bits per heavy atom. The minimum absolute atomic E-state index is 0.211. The molecule has 0 N–H and O–H groups in total. The summed E-state index contributed by atoms with van der Waals surface area (Å²) in [7, 11) is 0. The fourth-order valence-corrected chi connectivity index (χ4v) is 3.34. The number of rotatable bonds is 4. The van der Waals surface area contributed by atoms with E-state index in [4.69, 9.17) is 0 Å². The van der Waals surface area contributed by atoms with Crippen molar-refractivity contribution >= 4 is 28.7 Å². The Kier molecular flexibility index (Phi) is 3.69. The van der Waals surface area contributed by atoms with Gasteiger partial charge < -0.3 is 0 Å². The molecule has 2 amide bonds. The van der Waals surface area contributed by atoms with Crippen LogP contribution >= 0.6 is 0 Å². The van der Waals surface area contributed by atoms with E-state index in [1.807, 2.05) is 48.5 Å². The first kappa shape index (κ1) is 15.3. The first-order chi connectivity index (χ1) is 12.2. The van der Waals surface area contributed by atoms with Crippen molar-refractivity contribution in [2.24, 2.45) is 0 Å². The highest BCUT2D eigenvalue weighted by Crippen LogP contribution is 2.30. The molecule has 3 nitrogen and oxygen atoms in total. The third-order valence-electron chi connectivity index (χ3n) is 4.70. The predicted octanol–water partition coefficient (Wildman–Crippen LogP) is 4.32. The smallest absolute Gasteiger partial charge is 0.261 e. The van der Waals surface area contributed by atoms with Crippen LogP contribution in [0.1, 0.15) is 31.8 Å². The third-order valence-corrected chi connectivity index (χ3v) is 4.70. The number of amides is 2. The molecule has 3 aromatic carbocycles. The van der Waals surface area contributed by atoms with E-state index in [0.29, 0.717) is 24.1 Å². The van der Waals surface area contributed by atoms with E-state index in [1.54, 1.807) is 18.2 Å². The predicted molar refractivity (Wildman–Crippen MR) is 99.6 cm³/mol. The zero-order valence-electron chi connectivity index (χ0n) is 13.7. The first-order valence-electron chi connectivity index (χ1n) is 8.28. The Morgan fingerprint density at radius 2 is 1.44 bits per heavy atom. The van der Waals surface area contributed by atoms with Crippen LogP contribution in [0.15, 0.2) is 67.2 Å². The lowest BCUT2D eigenvalue weighted by atomic mass is 9.94. The summed E-state index contributed by atoms with van der Waals surface area (Å²) in [5.74, 6) is -0.422. The Hall–Kier alpha value is -3.20. The van der Waals surface area contributed by atoms with Crippen LogP contribution in [0.2, 0.25) is 0 Å². The van der Waals surface area contributed by atoms with Crippen LogP contribution in [0, 0.1) is 0 Å². The lowest BCUT2D eigenvalue weighted by Crippen LogP contribution is -2.41. The number of carbonyl (C=O) groups excluding carboxylic acids is 2. The highest BCUT2D eigenvalue weighted by molar-refractivity contribution is 6.25. The average Bonchev–Trinajstić information content (AvgIpc) is 2.66. The molecule has 1 heterocycles.